The average Bonchev–Trinajstić information content (AvgIpc) is 2.90. The third-order valence-electron chi connectivity index (χ3n) is 6.95. The van der Waals surface area contributed by atoms with Gasteiger partial charge in [0.15, 0.2) is 5.11 Å². The molecule has 2 aromatic rings. The summed E-state index contributed by atoms with van der Waals surface area (Å²) < 4.78 is -1.77. The molecule has 39 heavy (non-hydrogen) atoms. The number of amides is 1. The normalized spacial score (nSPS) is 12.3. The second kappa shape index (κ2) is 19.7. The molecule has 0 spiro atoms. The van der Waals surface area contributed by atoms with Crippen LogP contribution in [0.3, 0.4) is 0 Å². The fourth-order valence-corrected chi connectivity index (χ4v) is 5.27. The first-order valence-corrected chi connectivity index (χ1v) is 16.3. The standard InChI is InChI=1S/C31H46Cl3N3OS/c1-2-3-4-5-6-7-8-9-10-11-12-13-14-15-16-24-28(38)36-29(31(32,33)34)37-30(39)35-27-23-19-21-25-20-17-18-22-26(25)27/h17-23,29H,2-16,24H2,1H3,(H,36,38)(H2,35,37,39). The van der Waals surface area contributed by atoms with Gasteiger partial charge in [-0.2, -0.15) is 0 Å². The molecule has 0 radical (unpaired) electrons. The van der Waals surface area contributed by atoms with E-state index in [1.807, 2.05) is 42.5 Å². The van der Waals surface area contributed by atoms with Crippen LogP contribution < -0.4 is 16.0 Å². The monoisotopic (exact) mass is 613 g/mol. The Bertz CT molecular complexity index is 978. The largest absolute Gasteiger partial charge is 0.339 e. The molecule has 4 nitrogen and oxygen atoms in total. The molecule has 218 valence electrons. The Morgan fingerprint density at radius 2 is 1.26 bits per heavy atom. The quantitative estimate of drug-likeness (QED) is 0.0638. The Morgan fingerprint density at radius 1 is 0.744 bits per heavy atom. The SMILES string of the molecule is CCCCCCCCCCCCCCCCCC(=O)NC(NC(=S)Nc1cccc2ccccc12)C(Cl)(Cl)Cl. The molecule has 0 saturated heterocycles. The molecule has 0 bridgehead atoms. The van der Waals surface area contributed by atoms with E-state index < -0.39 is 9.96 Å². The van der Waals surface area contributed by atoms with E-state index in [1.54, 1.807) is 0 Å². The van der Waals surface area contributed by atoms with Crippen LogP contribution in [0.15, 0.2) is 42.5 Å². The van der Waals surface area contributed by atoms with Crippen molar-refractivity contribution in [2.75, 3.05) is 5.32 Å². The molecule has 0 aliphatic carbocycles. The lowest BCUT2D eigenvalue weighted by Gasteiger charge is -2.28. The molecule has 0 aliphatic heterocycles. The maximum absolute atomic E-state index is 12.6. The molecule has 0 saturated carbocycles. The Labute approximate surface area is 256 Å². The molecule has 1 atom stereocenters. The summed E-state index contributed by atoms with van der Waals surface area (Å²) >= 11 is 23.9. The van der Waals surface area contributed by atoms with Gasteiger partial charge in [-0.3, -0.25) is 4.79 Å². The molecule has 2 rings (SSSR count). The number of anilines is 1. The molecule has 0 fully saturated rings. The van der Waals surface area contributed by atoms with E-state index in [4.69, 9.17) is 47.0 Å². The molecule has 1 unspecified atom stereocenters. The smallest absolute Gasteiger partial charge is 0.228 e. The highest BCUT2D eigenvalue weighted by Gasteiger charge is 2.34. The minimum absolute atomic E-state index is 0.165. The van der Waals surface area contributed by atoms with Crippen molar-refractivity contribution in [1.82, 2.24) is 10.6 Å². The van der Waals surface area contributed by atoms with Gasteiger partial charge in [-0.15, -0.1) is 0 Å². The Kier molecular flexibility index (Phi) is 17.2. The Morgan fingerprint density at radius 3 is 1.82 bits per heavy atom. The van der Waals surface area contributed by atoms with Crippen molar-refractivity contribution in [1.29, 1.82) is 0 Å². The number of hydrogen-bond acceptors (Lipinski definition) is 2. The first kappa shape index (κ1) is 33.9. The number of unbranched alkanes of at least 4 members (excludes halogenated alkanes) is 14. The zero-order valence-corrected chi connectivity index (χ0v) is 26.5. The first-order valence-electron chi connectivity index (χ1n) is 14.7. The summed E-state index contributed by atoms with van der Waals surface area (Å²) in [7, 11) is 0. The van der Waals surface area contributed by atoms with Crippen LogP contribution in [0.1, 0.15) is 110 Å². The maximum Gasteiger partial charge on any atom is 0.228 e. The lowest BCUT2D eigenvalue weighted by atomic mass is 10.0. The van der Waals surface area contributed by atoms with Gasteiger partial charge in [-0.1, -0.05) is 168 Å². The van der Waals surface area contributed by atoms with Gasteiger partial charge in [0.05, 0.1) is 0 Å². The third kappa shape index (κ3) is 14.8. The van der Waals surface area contributed by atoms with Crippen molar-refractivity contribution in [2.24, 2.45) is 0 Å². The van der Waals surface area contributed by atoms with Crippen molar-refractivity contribution in [3.05, 3.63) is 42.5 Å². The van der Waals surface area contributed by atoms with Crippen LogP contribution in [0.2, 0.25) is 0 Å². The fourth-order valence-electron chi connectivity index (χ4n) is 4.71. The lowest BCUT2D eigenvalue weighted by molar-refractivity contribution is -0.122. The van der Waals surface area contributed by atoms with Crippen LogP contribution in [0, 0.1) is 0 Å². The molecule has 8 heteroatoms. The van der Waals surface area contributed by atoms with Gasteiger partial charge in [0.25, 0.3) is 0 Å². The van der Waals surface area contributed by atoms with Crippen molar-refractivity contribution in [3.8, 4) is 0 Å². The van der Waals surface area contributed by atoms with Gasteiger partial charge in [0.1, 0.15) is 6.17 Å². The van der Waals surface area contributed by atoms with Gasteiger partial charge in [-0.25, -0.2) is 0 Å². The Balaban J connectivity index is 1.58. The van der Waals surface area contributed by atoms with Crippen LogP contribution in [0.5, 0.6) is 0 Å². The molecular weight excluding hydrogens is 569 g/mol. The van der Waals surface area contributed by atoms with Gasteiger partial charge >= 0.3 is 0 Å². The number of thiocarbonyl (C=S) groups is 1. The molecule has 1 amide bonds. The first-order chi connectivity index (χ1) is 18.8. The van der Waals surface area contributed by atoms with E-state index in [0.717, 1.165) is 35.7 Å². The number of nitrogens with one attached hydrogen (secondary N) is 3. The zero-order valence-electron chi connectivity index (χ0n) is 23.4. The molecule has 0 aromatic heterocycles. The van der Waals surface area contributed by atoms with Crippen LogP contribution in [-0.2, 0) is 4.79 Å². The number of carbonyl (C=O) groups is 1. The molecule has 2 aromatic carbocycles. The highest BCUT2D eigenvalue weighted by atomic mass is 35.6. The number of benzene rings is 2. The van der Waals surface area contributed by atoms with Crippen molar-refractivity contribution < 1.29 is 4.79 Å². The van der Waals surface area contributed by atoms with Crippen molar-refractivity contribution in [2.45, 2.75) is 120 Å². The summed E-state index contributed by atoms with van der Waals surface area (Å²) in [4.78, 5) is 12.6. The predicted molar refractivity (Wildman–Crippen MR) is 175 cm³/mol. The van der Waals surface area contributed by atoms with E-state index in [-0.39, 0.29) is 11.0 Å². The summed E-state index contributed by atoms with van der Waals surface area (Å²) in [6.07, 6.45) is 18.7. The number of carbonyl (C=O) groups excluding carboxylic acids is 1. The van der Waals surface area contributed by atoms with Crippen molar-refractivity contribution >= 4 is 74.5 Å². The summed E-state index contributed by atoms with van der Waals surface area (Å²) in [5.74, 6) is -0.165. The Hall–Kier alpha value is -1.27. The van der Waals surface area contributed by atoms with E-state index in [1.165, 1.54) is 77.0 Å². The summed E-state index contributed by atoms with van der Waals surface area (Å²) in [6.45, 7) is 2.27. The maximum atomic E-state index is 12.6. The number of hydrogen-bond donors (Lipinski definition) is 3. The highest BCUT2D eigenvalue weighted by Crippen LogP contribution is 2.29. The third-order valence-corrected chi connectivity index (χ3v) is 7.83. The van der Waals surface area contributed by atoms with Gasteiger partial charge in [-0.05, 0) is 30.1 Å². The average molecular weight is 615 g/mol. The summed E-state index contributed by atoms with van der Waals surface area (Å²) in [5, 5.41) is 11.3. The van der Waals surface area contributed by atoms with Crippen LogP contribution >= 0.6 is 47.0 Å². The number of fused-ring (bicyclic) bond motifs is 1. The highest BCUT2D eigenvalue weighted by molar-refractivity contribution is 7.80. The van der Waals surface area contributed by atoms with Gasteiger partial charge in [0, 0.05) is 17.5 Å². The van der Waals surface area contributed by atoms with Crippen molar-refractivity contribution in [3.63, 3.8) is 0 Å². The molecule has 3 N–H and O–H groups in total. The predicted octanol–water partition coefficient (Wildman–Crippen LogP) is 10.2. The lowest BCUT2D eigenvalue weighted by Crippen LogP contribution is -2.56. The number of rotatable bonds is 19. The minimum atomic E-state index is -1.77. The summed E-state index contributed by atoms with van der Waals surface area (Å²) in [6, 6.07) is 13.9. The van der Waals surface area contributed by atoms with E-state index in [9.17, 15) is 4.79 Å². The van der Waals surface area contributed by atoms with Crippen LogP contribution in [-0.4, -0.2) is 21.0 Å². The van der Waals surface area contributed by atoms with E-state index >= 15 is 0 Å². The van der Waals surface area contributed by atoms with E-state index in [2.05, 4.69) is 22.9 Å². The van der Waals surface area contributed by atoms with Crippen LogP contribution in [0.4, 0.5) is 5.69 Å². The minimum Gasteiger partial charge on any atom is -0.339 e. The fraction of sp³-hybridized carbons (Fsp3) is 0.613. The van der Waals surface area contributed by atoms with Crippen LogP contribution in [0.25, 0.3) is 10.8 Å². The number of alkyl halides is 3. The summed E-state index contributed by atoms with van der Waals surface area (Å²) in [5.41, 5.74) is 0.831. The molecule has 0 heterocycles. The molecular formula is C31H46Cl3N3OS. The number of halogens is 3. The van der Waals surface area contributed by atoms with E-state index in [0.29, 0.717) is 6.42 Å². The zero-order chi connectivity index (χ0) is 28.3. The molecule has 0 aliphatic rings. The second-order valence-corrected chi connectivity index (χ2v) is 13.1. The van der Waals surface area contributed by atoms with Gasteiger partial charge < -0.3 is 16.0 Å². The van der Waals surface area contributed by atoms with Gasteiger partial charge in [0.2, 0.25) is 9.70 Å². The second-order valence-electron chi connectivity index (χ2n) is 10.4. The topological polar surface area (TPSA) is 53.2 Å².